The third kappa shape index (κ3) is 4.79. The van der Waals surface area contributed by atoms with Crippen LogP contribution in [0.3, 0.4) is 0 Å². The summed E-state index contributed by atoms with van der Waals surface area (Å²) in [6, 6.07) is 3.43. The van der Waals surface area contributed by atoms with E-state index in [9.17, 15) is 14.4 Å². The minimum Gasteiger partial charge on any atom is -0.478 e. The van der Waals surface area contributed by atoms with Gasteiger partial charge in [-0.15, -0.1) is 0 Å². The van der Waals surface area contributed by atoms with Crippen molar-refractivity contribution in [3.63, 3.8) is 0 Å². The fourth-order valence-electron chi connectivity index (χ4n) is 2.85. The molecular formula is C17H22N2O5. The molecule has 0 aromatic heterocycles. The highest BCUT2D eigenvalue weighted by atomic mass is 16.4. The summed E-state index contributed by atoms with van der Waals surface area (Å²) in [4.78, 5) is 36.6. The summed E-state index contributed by atoms with van der Waals surface area (Å²) in [5.41, 5.74) is -0.374. The highest BCUT2D eigenvalue weighted by molar-refractivity contribution is 6.01. The Morgan fingerprint density at radius 1 is 1.04 bits per heavy atom. The first-order valence-corrected chi connectivity index (χ1v) is 7.95. The number of amides is 1. The molecule has 0 aliphatic carbocycles. The molecule has 1 aliphatic rings. The Bertz CT molecular complexity index is 604. The number of rotatable bonds is 6. The largest absolute Gasteiger partial charge is 0.478 e. The Morgan fingerprint density at radius 3 is 2.04 bits per heavy atom. The molecule has 0 spiro atoms. The lowest BCUT2D eigenvalue weighted by molar-refractivity contribution is 0.0696. The Kier molecular flexibility index (Phi) is 5.92. The molecule has 0 radical (unpaired) electrons. The summed E-state index contributed by atoms with van der Waals surface area (Å²) in [6.45, 7) is 2.61. The van der Waals surface area contributed by atoms with Gasteiger partial charge < -0.3 is 20.4 Å². The fourth-order valence-corrected chi connectivity index (χ4v) is 2.85. The van der Waals surface area contributed by atoms with Crippen molar-refractivity contribution < 1.29 is 24.6 Å². The van der Waals surface area contributed by atoms with E-state index in [2.05, 4.69) is 17.3 Å². The van der Waals surface area contributed by atoms with Crippen LogP contribution in [0.4, 0.5) is 0 Å². The number of aromatic carboxylic acids is 2. The SMILES string of the molecule is CN1CCC(CCNC(=O)c2cc(C(=O)O)cc(C(=O)O)c2)CC1. The molecule has 2 rings (SSSR count). The maximum atomic E-state index is 12.2. The molecule has 0 unspecified atom stereocenters. The molecule has 1 aromatic carbocycles. The lowest BCUT2D eigenvalue weighted by Crippen LogP contribution is -2.32. The van der Waals surface area contributed by atoms with Gasteiger partial charge in [0.1, 0.15) is 0 Å². The normalized spacial score (nSPS) is 15.9. The molecule has 130 valence electrons. The molecule has 1 amide bonds. The minimum absolute atomic E-state index is 0.0516. The summed E-state index contributed by atoms with van der Waals surface area (Å²) < 4.78 is 0. The Hall–Kier alpha value is -2.41. The lowest BCUT2D eigenvalue weighted by Gasteiger charge is -2.28. The van der Waals surface area contributed by atoms with Crippen LogP contribution in [-0.2, 0) is 0 Å². The number of carboxylic acids is 2. The molecule has 7 nitrogen and oxygen atoms in total. The highest BCUT2D eigenvalue weighted by Crippen LogP contribution is 2.19. The van der Waals surface area contributed by atoms with E-state index >= 15 is 0 Å². The van der Waals surface area contributed by atoms with Gasteiger partial charge in [-0.25, -0.2) is 9.59 Å². The van der Waals surface area contributed by atoms with Crippen molar-refractivity contribution in [2.45, 2.75) is 19.3 Å². The van der Waals surface area contributed by atoms with Gasteiger partial charge in [0.05, 0.1) is 11.1 Å². The second-order valence-corrected chi connectivity index (χ2v) is 6.20. The zero-order chi connectivity index (χ0) is 17.7. The van der Waals surface area contributed by atoms with Gasteiger partial charge in [0, 0.05) is 12.1 Å². The van der Waals surface area contributed by atoms with Crippen molar-refractivity contribution in [3.8, 4) is 0 Å². The number of piperidine rings is 1. The molecular weight excluding hydrogens is 312 g/mol. The van der Waals surface area contributed by atoms with Crippen molar-refractivity contribution in [3.05, 3.63) is 34.9 Å². The van der Waals surface area contributed by atoms with Gasteiger partial charge in [-0.05, 0) is 63.5 Å². The maximum Gasteiger partial charge on any atom is 0.335 e. The van der Waals surface area contributed by atoms with E-state index in [1.54, 1.807) is 0 Å². The molecule has 1 fully saturated rings. The highest BCUT2D eigenvalue weighted by Gasteiger charge is 2.18. The van der Waals surface area contributed by atoms with Crippen LogP contribution in [-0.4, -0.2) is 59.6 Å². The topological polar surface area (TPSA) is 107 Å². The van der Waals surface area contributed by atoms with Gasteiger partial charge in [-0.1, -0.05) is 0 Å². The van der Waals surface area contributed by atoms with Gasteiger partial charge in [-0.2, -0.15) is 0 Å². The van der Waals surface area contributed by atoms with Gasteiger partial charge in [0.15, 0.2) is 0 Å². The smallest absolute Gasteiger partial charge is 0.335 e. The number of benzene rings is 1. The quantitative estimate of drug-likeness (QED) is 0.728. The van der Waals surface area contributed by atoms with Crippen LogP contribution >= 0.6 is 0 Å². The molecule has 24 heavy (non-hydrogen) atoms. The van der Waals surface area contributed by atoms with E-state index in [1.165, 1.54) is 12.1 Å². The number of nitrogens with zero attached hydrogens (tertiary/aromatic N) is 1. The zero-order valence-electron chi connectivity index (χ0n) is 13.6. The molecule has 0 saturated carbocycles. The zero-order valence-corrected chi connectivity index (χ0v) is 13.6. The van der Waals surface area contributed by atoms with Gasteiger partial charge in [-0.3, -0.25) is 4.79 Å². The summed E-state index contributed by atoms with van der Waals surface area (Å²) in [7, 11) is 2.09. The Labute approximate surface area is 140 Å². The number of carbonyl (C=O) groups excluding carboxylic acids is 1. The van der Waals surface area contributed by atoms with Gasteiger partial charge in [0.2, 0.25) is 0 Å². The van der Waals surface area contributed by atoms with Crippen LogP contribution in [0.15, 0.2) is 18.2 Å². The van der Waals surface area contributed by atoms with Crippen molar-refractivity contribution in [2.24, 2.45) is 5.92 Å². The predicted octanol–water partition coefficient (Wildman–Crippen LogP) is 1.54. The average molecular weight is 334 g/mol. The van der Waals surface area contributed by atoms with Crippen LogP contribution in [0.25, 0.3) is 0 Å². The van der Waals surface area contributed by atoms with Crippen molar-refractivity contribution >= 4 is 17.8 Å². The van der Waals surface area contributed by atoms with Crippen LogP contribution in [0.2, 0.25) is 0 Å². The molecule has 1 aromatic rings. The van der Waals surface area contributed by atoms with Crippen LogP contribution < -0.4 is 5.32 Å². The van der Waals surface area contributed by atoms with E-state index in [0.29, 0.717) is 12.5 Å². The summed E-state index contributed by atoms with van der Waals surface area (Å²) >= 11 is 0. The van der Waals surface area contributed by atoms with E-state index in [1.807, 2.05) is 0 Å². The number of likely N-dealkylation sites (tertiary alicyclic amines) is 1. The van der Waals surface area contributed by atoms with E-state index in [0.717, 1.165) is 38.4 Å². The second-order valence-electron chi connectivity index (χ2n) is 6.20. The number of hydrogen-bond acceptors (Lipinski definition) is 4. The number of carbonyl (C=O) groups is 3. The van der Waals surface area contributed by atoms with Crippen LogP contribution in [0, 0.1) is 5.92 Å². The third-order valence-corrected chi connectivity index (χ3v) is 4.37. The summed E-state index contributed by atoms with van der Waals surface area (Å²) in [5, 5.41) is 20.8. The molecule has 1 saturated heterocycles. The molecule has 0 bridgehead atoms. The first-order chi connectivity index (χ1) is 11.4. The van der Waals surface area contributed by atoms with Crippen LogP contribution in [0.5, 0.6) is 0 Å². The molecule has 1 heterocycles. The third-order valence-electron chi connectivity index (χ3n) is 4.37. The predicted molar refractivity (Wildman–Crippen MR) is 87.5 cm³/mol. The standard InChI is InChI=1S/C17H22N2O5/c1-19-6-3-11(4-7-19)2-5-18-15(20)12-8-13(16(21)22)10-14(9-12)17(23)24/h8-11H,2-7H2,1H3,(H,18,20)(H,21,22)(H,23,24). The number of carboxylic acid groups (broad SMARTS) is 2. The van der Waals surface area contributed by atoms with Gasteiger partial charge >= 0.3 is 11.9 Å². The van der Waals surface area contributed by atoms with Crippen molar-refractivity contribution in [1.82, 2.24) is 10.2 Å². The first-order valence-electron chi connectivity index (χ1n) is 7.95. The van der Waals surface area contributed by atoms with E-state index < -0.39 is 17.8 Å². The molecule has 7 heteroatoms. The molecule has 1 aliphatic heterocycles. The summed E-state index contributed by atoms with van der Waals surface area (Å²) in [6.07, 6.45) is 3.07. The van der Waals surface area contributed by atoms with Crippen molar-refractivity contribution in [2.75, 3.05) is 26.7 Å². The second kappa shape index (κ2) is 7.92. The van der Waals surface area contributed by atoms with Crippen molar-refractivity contribution in [1.29, 1.82) is 0 Å². The number of nitrogens with one attached hydrogen (secondary N) is 1. The minimum atomic E-state index is -1.27. The molecule has 0 atom stereocenters. The summed E-state index contributed by atoms with van der Waals surface area (Å²) in [5.74, 6) is -2.41. The fraction of sp³-hybridized carbons (Fsp3) is 0.471. The monoisotopic (exact) mass is 334 g/mol. The average Bonchev–Trinajstić information content (AvgIpc) is 2.56. The lowest BCUT2D eigenvalue weighted by atomic mass is 9.94. The molecule has 3 N–H and O–H groups in total. The van der Waals surface area contributed by atoms with E-state index in [-0.39, 0.29) is 16.7 Å². The number of hydrogen-bond donors (Lipinski definition) is 3. The maximum absolute atomic E-state index is 12.2. The van der Waals surface area contributed by atoms with Gasteiger partial charge in [0.25, 0.3) is 5.91 Å². The first kappa shape index (κ1) is 17.9. The Morgan fingerprint density at radius 2 is 1.54 bits per heavy atom. The van der Waals surface area contributed by atoms with Crippen LogP contribution in [0.1, 0.15) is 50.3 Å². The van der Waals surface area contributed by atoms with E-state index in [4.69, 9.17) is 10.2 Å². The Balaban J connectivity index is 1.96.